The first-order valence-electron chi connectivity index (χ1n) is 9.66. The maximum atomic E-state index is 12.8. The number of nitrogen functional groups attached to an aromatic ring is 1. The Kier molecular flexibility index (Phi) is 6.43. The van der Waals surface area contributed by atoms with Crippen molar-refractivity contribution in [1.82, 2.24) is 19.9 Å². The maximum Gasteiger partial charge on any atom is 0.355 e. The van der Waals surface area contributed by atoms with Gasteiger partial charge in [-0.05, 0) is 39.2 Å². The quantitative estimate of drug-likeness (QED) is 0.315. The van der Waals surface area contributed by atoms with Crippen molar-refractivity contribution in [3.8, 4) is 0 Å². The summed E-state index contributed by atoms with van der Waals surface area (Å²) < 4.78 is 6.56. The summed E-state index contributed by atoms with van der Waals surface area (Å²) in [7, 11) is 0. The number of H-pyrrole nitrogens is 1. The SMILES string of the molecule is CCOC(=O)c1[nH]c(C)c(C(=O)CSc2nnc(C3CCCCC3)n2N)c1C. The lowest BCUT2D eigenvalue weighted by Gasteiger charge is -2.20. The highest BCUT2D eigenvalue weighted by molar-refractivity contribution is 7.99. The summed E-state index contributed by atoms with van der Waals surface area (Å²) in [5.41, 5.74) is 2.11. The lowest BCUT2D eigenvalue weighted by Crippen LogP contribution is -2.19. The summed E-state index contributed by atoms with van der Waals surface area (Å²) in [6, 6.07) is 0. The second-order valence-electron chi connectivity index (χ2n) is 7.10. The molecule has 2 aromatic heterocycles. The summed E-state index contributed by atoms with van der Waals surface area (Å²) in [6.07, 6.45) is 5.80. The zero-order valence-corrected chi connectivity index (χ0v) is 17.4. The number of nitrogens with two attached hydrogens (primary N) is 1. The van der Waals surface area contributed by atoms with Gasteiger partial charge in [-0.1, -0.05) is 31.0 Å². The van der Waals surface area contributed by atoms with Gasteiger partial charge in [-0.15, -0.1) is 10.2 Å². The molecule has 152 valence electrons. The number of aryl methyl sites for hydroxylation is 1. The second-order valence-corrected chi connectivity index (χ2v) is 8.05. The zero-order valence-electron chi connectivity index (χ0n) is 16.6. The number of carbonyl (C=O) groups is 2. The number of ketones is 1. The Morgan fingerprint density at radius 1 is 1.25 bits per heavy atom. The standard InChI is InChI=1S/C19H27N5O3S/c1-4-27-18(26)16-11(2)15(12(3)21-16)14(25)10-28-19-23-22-17(24(19)20)13-8-6-5-7-9-13/h13,21H,4-10,20H2,1-3H3. The third kappa shape index (κ3) is 4.09. The summed E-state index contributed by atoms with van der Waals surface area (Å²) in [5, 5.41) is 8.97. The number of Topliss-reactive ketones (excluding diaryl/α,β-unsaturated/α-hetero) is 1. The molecular formula is C19H27N5O3S. The molecule has 3 rings (SSSR count). The molecule has 0 bridgehead atoms. The van der Waals surface area contributed by atoms with Gasteiger partial charge in [0.1, 0.15) is 5.69 Å². The van der Waals surface area contributed by atoms with Crippen molar-refractivity contribution in [3.05, 3.63) is 28.3 Å². The van der Waals surface area contributed by atoms with Gasteiger partial charge >= 0.3 is 5.97 Å². The van der Waals surface area contributed by atoms with Crippen LogP contribution in [0.25, 0.3) is 0 Å². The second kappa shape index (κ2) is 8.81. The first-order chi connectivity index (χ1) is 13.4. The molecule has 1 fully saturated rings. The molecule has 0 amide bonds. The fourth-order valence-electron chi connectivity index (χ4n) is 3.80. The van der Waals surface area contributed by atoms with E-state index in [-0.39, 0.29) is 18.1 Å². The third-order valence-corrected chi connectivity index (χ3v) is 6.13. The van der Waals surface area contributed by atoms with Gasteiger partial charge in [-0.3, -0.25) is 4.79 Å². The van der Waals surface area contributed by atoms with E-state index in [1.54, 1.807) is 20.8 Å². The molecular weight excluding hydrogens is 378 g/mol. The fraction of sp³-hybridized carbons (Fsp3) is 0.579. The Balaban J connectivity index is 1.69. The molecule has 9 heteroatoms. The molecule has 0 unspecified atom stereocenters. The van der Waals surface area contributed by atoms with Gasteiger partial charge in [-0.25, -0.2) is 9.47 Å². The molecule has 1 aliphatic carbocycles. The van der Waals surface area contributed by atoms with Crippen LogP contribution in [0.4, 0.5) is 0 Å². The van der Waals surface area contributed by atoms with Crippen molar-refractivity contribution >= 4 is 23.5 Å². The monoisotopic (exact) mass is 405 g/mol. The first-order valence-corrected chi connectivity index (χ1v) is 10.6. The molecule has 0 saturated heterocycles. The summed E-state index contributed by atoms with van der Waals surface area (Å²) in [4.78, 5) is 27.8. The molecule has 3 N–H and O–H groups in total. The van der Waals surface area contributed by atoms with Crippen molar-refractivity contribution in [2.45, 2.75) is 63.9 Å². The van der Waals surface area contributed by atoms with Crippen molar-refractivity contribution in [2.75, 3.05) is 18.2 Å². The Bertz CT molecular complexity index is 867. The minimum Gasteiger partial charge on any atom is -0.461 e. The molecule has 2 heterocycles. The number of aromatic amines is 1. The predicted molar refractivity (Wildman–Crippen MR) is 107 cm³/mol. The number of nitrogens with zero attached hydrogens (tertiary/aromatic N) is 3. The highest BCUT2D eigenvalue weighted by Gasteiger charge is 2.25. The third-order valence-electron chi connectivity index (χ3n) is 5.19. The fourth-order valence-corrected chi connectivity index (χ4v) is 4.54. The van der Waals surface area contributed by atoms with Crippen molar-refractivity contribution in [2.24, 2.45) is 0 Å². The van der Waals surface area contributed by atoms with Crippen molar-refractivity contribution in [1.29, 1.82) is 0 Å². The number of thioether (sulfide) groups is 1. The number of hydrogen-bond acceptors (Lipinski definition) is 7. The van der Waals surface area contributed by atoms with E-state index in [4.69, 9.17) is 10.6 Å². The van der Waals surface area contributed by atoms with Gasteiger partial charge in [0.25, 0.3) is 0 Å². The van der Waals surface area contributed by atoms with Crippen molar-refractivity contribution in [3.63, 3.8) is 0 Å². The van der Waals surface area contributed by atoms with Crippen LogP contribution in [0.3, 0.4) is 0 Å². The predicted octanol–water partition coefficient (Wildman–Crippen LogP) is 3.14. The van der Waals surface area contributed by atoms with Crippen LogP contribution in [-0.2, 0) is 4.74 Å². The molecule has 8 nitrogen and oxygen atoms in total. The first kappa shape index (κ1) is 20.4. The lowest BCUT2D eigenvalue weighted by molar-refractivity contribution is 0.0519. The van der Waals surface area contributed by atoms with Crippen LogP contribution < -0.4 is 5.84 Å². The topological polar surface area (TPSA) is 116 Å². The Hall–Kier alpha value is -2.29. The Labute approximate surface area is 168 Å². The number of hydrogen-bond donors (Lipinski definition) is 2. The molecule has 0 atom stereocenters. The number of carbonyl (C=O) groups excluding carboxylic acids is 2. The Morgan fingerprint density at radius 3 is 2.64 bits per heavy atom. The van der Waals surface area contributed by atoms with Gasteiger partial charge < -0.3 is 15.6 Å². The Morgan fingerprint density at radius 2 is 1.96 bits per heavy atom. The highest BCUT2D eigenvalue weighted by atomic mass is 32.2. The van der Waals surface area contributed by atoms with E-state index in [0.717, 1.165) is 18.7 Å². The molecule has 0 spiro atoms. The van der Waals surface area contributed by atoms with Crippen LogP contribution in [0.5, 0.6) is 0 Å². The number of ether oxygens (including phenoxy) is 1. The number of esters is 1. The van der Waals surface area contributed by atoms with Gasteiger partial charge in [0.05, 0.1) is 12.4 Å². The van der Waals surface area contributed by atoms with E-state index in [1.165, 1.54) is 35.7 Å². The van der Waals surface area contributed by atoms with E-state index in [1.807, 2.05) is 0 Å². The van der Waals surface area contributed by atoms with Gasteiger partial charge in [-0.2, -0.15) is 0 Å². The molecule has 0 aromatic carbocycles. The summed E-state index contributed by atoms with van der Waals surface area (Å²) >= 11 is 1.26. The number of rotatable bonds is 7. The van der Waals surface area contributed by atoms with Crippen LogP contribution in [0.1, 0.15) is 82.9 Å². The molecule has 0 aliphatic heterocycles. The van der Waals surface area contributed by atoms with Gasteiger partial charge in [0.15, 0.2) is 11.6 Å². The molecule has 1 saturated carbocycles. The maximum absolute atomic E-state index is 12.8. The number of aromatic nitrogens is 4. The van der Waals surface area contributed by atoms with Crippen molar-refractivity contribution < 1.29 is 14.3 Å². The van der Waals surface area contributed by atoms with E-state index in [0.29, 0.717) is 33.6 Å². The van der Waals surface area contributed by atoms with E-state index in [9.17, 15) is 9.59 Å². The van der Waals surface area contributed by atoms with Crippen LogP contribution in [0.15, 0.2) is 5.16 Å². The normalized spacial score (nSPS) is 15.0. The molecule has 0 radical (unpaired) electrons. The zero-order chi connectivity index (χ0) is 20.3. The van der Waals surface area contributed by atoms with E-state index < -0.39 is 5.97 Å². The van der Waals surface area contributed by atoms with Gasteiger partial charge in [0.2, 0.25) is 5.16 Å². The van der Waals surface area contributed by atoms with Crippen LogP contribution >= 0.6 is 11.8 Å². The minimum atomic E-state index is -0.450. The van der Waals surface area contributed by atoms with Crippen LogP contribution in [0, 0.1) is 13.8 Å². The minimum absolute atomic E-state index is 0.0889. The van der Waals surface area contributed by atoms with Crippen LogP contribution in [-0.4, -0.2) is 44.0 Å². The average molecular weight is 406 g/mol. The highest BCUT2D eigenvalue weighted by Crippen LogP contribution is 2.32. The lowest BCUT2D eigenvalue weighted by atomic mass is 9.89. The largest absolute Gasteiger partial charge is 0.461 e. The van der Waals surface area contributed by atoms with Gasteiger partial charge in [0, 0.05) is 17.2 Å². The van der Waals surface area contributed by atoms with Crippen LogP contribution in [0.2, 0.25) is 0 Å². The smallest absolute Gasteiger partial charge is 0.355 e. The van der Waals surface area contributed by atoms with E-state index in [2.05, 4.69) is 15.2 Å². The van der Waals surface area contributed by atoms with E-state index >= 15 is 0 Å². The molecule has 1 aliphatic rings. The number of nitrogens with one attached hydrogen (secondary N) is 1. The average Bonchev–Trinajstić information content (AvgIpc) is 3.20. The molecule has 2 aromatic rings. The molecule has 28 heavy (non-hydrogen) atoms. The summed E-state index contributed by atoms with van der Waals surface area (Å²) in [6.45, 7) is 5.56. The summed E-state index contributed by atoms with van der Waals surface area (Å²) in [5.74, 6) is 6.96.